The Kier molecular flexibility index (Phi) is 3.66. The lowest BCUT2D eigenvalue weighted by molar-refractivity contribution is 0.384. The van der Waals surface area contributed by atoms with Gasteiger partial charge in [-0.2, -0.15) is 0 Å². The molecule has 0 bridgehead atoms. The van der Waals surface area contributed by atoms with Crippen LogP contribution in [0.1, 0.15) is 25.7 Å². The summed E-state index contributed by atoms with van der Waals surface area (Å²) in [5, 5.41) is 2.09. The molecule has 0 unspecified atom stereocenters. The predicted octanol–water partition coefficient (Wildman–Crippen LogP) is 3.68. The minimum Gasteiger partial charge on any atom is -0.352 e. The molecule has 3 nitrogen and oxygen atoms in total. The van der Waals surface area contributed by atoms with Crippen molar-refractivity contribution in [2.75, 3.05) is 17.3 Å². The Bertz CT molecular complexity index is 524. The fourth-order valence-corrected chi connectivity index (χ4v) is 3.34. The third kappa shape index (κ3) is 2.19. The van der Waals surface area contributed by atoms with E-state index < -0.39 is 0 Å². The quantitative estimate of drug-likeness (QED) is 0.783. The minimum absolute atomic E-state index is 0.647. The lowest BCUT2D eigenvalue weighted by Crippen LogP contribution is -2.41. The summed E-state index contributed by atoms with van der Waals surface area (Å²) < 4.78 is 1.21. The second kappa shape index (κ2) is 5.41. The van der Waals surface area contributed by atoms with Crippen molar-refractivity contribution in [3.05, 3.63) is 17.8 Å². The minimum atomic E-state index is 0.647. The largest absolute Gasteiger partial charge is 0.352 e. The third-order valence-corrected chi connectivity index (χ3v) is 4.71. The monoisotopic (exact) mass is 281 g/mol. The van der Waals surface area contributed by atoms with Crippen molar-refractivity contribution < 1.29 is 0 Å². The molecule has 2 heterocycles. The van der Waals surface area contributed by atoms with E-state index in [-0.39, 0.29) is 0 Å². The Morgan fingerprint density at radius 1 is 1.39 bits per heavy atom. The van der Waals surface area contributed by atoms with Crippen molar-refractivity contribution in [3.8, 4) is 0 Å². The predicted molar refractivity (Wildman–Crippen MR) is 77.7 cm³/mol. The molecule has 0 saturated heterocycles. The third-order valence-electron chi connectivity index (χ3n) is 3.54. The smallest absolute Gasteiger partial charge is 0.150 e. The van der Waals surface area contributed by atoms with Gasteiger partial charge in [0.05, 0.1) is 10.2 Å². The summed E-state index contributed by atoms with van der Waals surface area (Å²) in [6.07, 6.45) is 6.57. The van der Waals surface area contributed by atoms with E-state index in [9.17, 15) is 0 Å². The molecular formula is C13H16ClN3S. The lowest BCUT2D eigenvalue weighted by Gasteiger charge is -2.38. The number of alkyl halides is 1. The number of nitrogens with zero attached hydrogens (tertiary/aromatic N) is 3. The normalized spacial score (nSPS) is 15.8. The van der Waals surface area contributed by atoms with Crippen LogP contribution in [0.2, 0.25) is 0 Å². The van der Waals surface area contributed by atoms with E-state index in [1.807, 2.05) is 0 Å². The maximum absolute atomic E-state index is 5.84. The first-order chi connectivity index (χ1) is 8.90. The molecule has 18 heavy (non-hydrogen) atoms. The summed E-state index contributed by atoms with van der Waals surface area (Å²) in [4.78, 5) is 11.3. The molecule has 3 rings (SSSR count). The summed E-state index contributed by atoms with van der Waals surface area (Å²) in [6, 6.07) is 2.71. The first kappa shape index (κ1) is 12.2. The highest BCUT2D eigenvalue weighted by molar-refractivity contribution is 7.17. The zero-order valence-electron chi connectivity index (χ0n) is 10.2. The lowest BCUT2D eigenvalue weighted by atomic mass is 9.91. The maximum atomic E-state index is 5.84. The number of aromatic nitrogens is 2. The molecule has 1 aliphatic rings. The van der Waals surface area contributed by atoms with Crippen LogP contribution in [-0.4, -0.2) is 28.4 Å². The van der Waals surface area contributed by atoms with Gasteiger partial charge in [-0.3, -0.25) is 0 Å². The van der Waals surface area contributed by atoms with Crippen molar-refractivity contribution in [3.63, 3.8) is 0 Å². The van der Waals surface area contributed by atoms with E-state index in [1.54, 1.807) is 17.7 Å². The fraction of sp³-hybridized carbons (Fsp3) is 0.538. The van der Waals surface area contributed by atoms with E-state index in [2.05, 4.69) is 26.3 Å². The molecule has 0 amide bonds. The Balaban J connectivity index is 1.94. The van der Waals surface area contributed by atoms with Crippen molar-refractivity contribution >= 4 is 39.0 Å². The van der Waals surface area contributed by atoms with Gasteiger partial charge in [0, 0.05) is 18.5 Å². The van der Waals surface area contributed by atoms with Crippen LogP contribution < -0.4 is 4.90 Å². The van der Waals surface area contributed by atoms with Crippen LogP contribution in [0.4, 0.5) is 5.82 Å². The van der Waals surface area contributed by atoms with Gasteiger partial charge in [-0.25, -0.2) is 9.97 Å². The summed E-state index contributed by atoms with van der Waals surface area (Å²) in [5.41, 5.74) is 1.06. The van der Waals surface area contributed by atoms with Gasteiger partial charge in [0.2, 0.25) is 0 Å². The van der Waals surface area contributed by atoms with Gasteiger partial charge < -0.3 is 4.90 Å². The van der Waals surface area contributed by atoms with Crippen LogP contribution in [0, 0.1) is 0 Å². The zero-order valence-corrected chi connectivity index (χ0v) is 11.8. The first-order valence-corrected chi connectivity index (χ1v) is 7.82. The molecule has 1 fully saturated rings. The molecule has 2 aromatic rings. The number of thiophene rings is 1. The molecule has 0 spiro atoms. The van der Waals surface area contributed by atoms with Gasteiger partial charge in [-0.05, 0) is 37.1 Å². The van der Waals surface area contributed by atoms with Crippen LogP contribution in [0.3, 0.4) is 0 Å². The average Bonchev–Trinajstić information content (AvgIpc) is 2.80. The standard InChI is InChI=1S/C13H16ClN3S/c14-6-2-7-17(10-3-1-4-10)13-12-11(5-8-18-12)15-9-16-13/h5,8-10H,1-4,6-7H2. The molecule has 0 radical (unpaired) electrons. The van der Waals surface area contributed by atoms with E-state index in [4.69, 9.17) is 11.6 Å². The molecule has 0 atom stereocenters. The second-order valence-corrected chi connectivity index (χ2v) is 5.95. The number of fused-ring (bicyclic) bond motifs is 1. The average molecular weight is 282 g/mol. The number of hydrogen-bond donors (Lipinski definition) is 0. The Morgan fingerprint density at radius 3 is 3.00 bits per heavy atom. The van der Waals surface area contributed by atoms with E-state index in [1.165, 1.54) is 24.0 Å². The van der Waals surface area contributed by atoms with Gasteiger partial charge in [0.25, 0.3) is 0 Å². The highest BCUT2D eigenvalue weighted by Gasteiger charge is 2.27. The van der Waals surface area contributed by atoms with Gasteiger partial charge in [-0.15, -0.1) is 22.9 Å². The second-order valence-electron chi connectivity index (χ2n) is 4.65. The van der Waals surface area contributed by atoms with E-state index in [0.29, 0.717) is 11.9 Å². The molecular weight excluding hydrogens is 266 g/mol. The van der Waals surface area contributed by atoms with Gasteiger partial charge in [0.15, 0.2) is 0 Å². The number of anilines is 1. The molecule has 5 heteroatoms. The summed E-state index contributed by atoms with van der Waals surface area (Å²) in [5.74, 6) is 1.81. The van der Waals surface area contributed by atoms with Gasteiger partial charge in [-0.1, -0.05) is 0 Å². The van der Waals surface area contributed by atoms with Gasteiger partial charge >= 0.3 is 0 Å². The molecule has 1 aliphatic carbocycles. The van der Waals surface area contributed by atoms with Crippen LogP contribution in [0.15, 0.2) is 17.8 Å². The number of hydrogen-bond acceptors (Lipinski definition) is 4. The number of halogens is 1. The molecule has 0 aliphatic heterocycles. The van der Waals surface area contributed by atoms with Crippen LogP contribution in [0.25, 0.3) is 10.2 Å². The van der Waals surface area contributed by atoms with Crippen molar-refractivity contribution in [1.82, 2.24) is 9.97 Å². The zero-order chi connectivity index (χ0) is 12.4. The fourth-order valence-electron chi connectivity index (χ4n) is 2.37. The topological polar surface area (TPSA) is 29.0 Å². The first-order valence-electron chi connectivity index (χ1n) is 6.41. The van der Waals surface area contributed by atoms with Crippen LogP contribution in [0.5, 0.6) is 0 Å². The van der Waals surface area contributed by atoms with Crippen molar-refractivity contribution in [2.24, 2.45) is 0 Å². The van der Waals surface area contributed by atoms with Crippen molar-refractivity contribution in [2.45, 2.75) is 31.7 Å². The maximum Gasteiger partial charge on any atom is 0.150 e. The van der Waals surface area contributed by atoms with Gasteiger partial charge in [0.1, 0.15) is 12.1 Å². The molecule has 0 N–H and O–H groups in total. The van der Waals surface area contributed by atoms with E-state index >= 15 is 0 Å². The Labute approximate surface area is 116 Å². The molecule has 1 saturated carbocycles. The Morgan fingerprint density at radius 2 is 2.28 bits per heavy atom. The number of rotatable bonds is 5. The summed E-state index contributed by atoms with van der Waals surface area (Å²) >= 11 is 7.57. The van der Waals surface area contributed by atoms with Crippen LogP contribution >= 0.6 is 22.9 Å². The SMILES string of the molecule is ClCCCN(c1ncnc2ccsc12)C1CCC1. The van der Waals surface area contributed by atoms with Crippen molar-refractivity contribution in [1.29, 1.82) is 0 Å². The van der Waals surface area contributed by atoms with E-state index in [0.717, 1.165) is 24.3 Å². The summed E-state index contributed by atoms with van der Waals surface area (Å²) in [7, 11) is 0. The Hall–Kier alpha value is -0.870. The molecule has 2 aromatic heterocycles. The summed E-state index contributed by atoms with van der Waals surface area (Å²) in [6.45, 7) is 0.998. The molecule has 0 aromatic carbocycles. The molecule has 96 valence electrons. The highest BCUT2D eigenvalue weighted by atomic mass is 35.5. The van der Waals surface area contributed by atoms with Crippen LogP contribution in [-0.2, 0) is 0 Å². The highest BCUT2D eigenvalue weighted by Crippen LogP contribution is 2.34.